The minimum atomic E-state index is 0.256. The molecule has 0 aliphatic carbocycles. The Labute approximate surface area is 133 Å². The van der Waals surface area contributed by atoms with Gasteiger partial charge in [0.05, 0.1) is 9.85 Å². The third kappa shape index (κ3) is 3.10. The Morgan fingerprint density at radius 3 is 2.76 bits per heavy atom. The van der Waals surface area contributed by atoms with Crippen LogP contribution in [0.5, 0.6) is 0 Å². The zero-order valence-corrected chi connectivity index (χ0v) is 13.6. The minimum absolute atomic E-state index is 0.256. The van der Waals surface area contributed by atoms with Gasteiger partial charge >= 0.3 is 0 Å². The molecule has 21 heavy (non-hydrogen) atoms. The van der Waals surface area contributed by atoms with Crippen LogP contribution in [0.3, 0.4) is 0 Å². The lowest BCUT2D eigenvalue weighted by Crippen LogP contribution is -2.19. The molecule has 108 valence electrons. The van der Waals surface area contributed by atoms with Gasteiger partial charge in [0.1, 0.15) is 0 Å². The number of halogens is 1. The zero-order valence-electron chi connectivity index (χ0n) is 12.1. The van der Waals surface area contributed by atoms with E-state index < -0.39 is 0 Å². The van der Waals surface area contributed by atoms with Gasteiger partial charge in [-0.05, 0) is 43.8 Å². The van der Waals surface area contributed by atoms with Crippen molar-refractivity contribution in [3.05, 3.63) is 62.9 Å². The fourth-order valence-corrected chi connectivity index (χ4v) is 3.79. The van der Waals surface area contributed by atoms with Gasteiger partial charge in [-0.3, -0.25) is 4.98 Å². The normalized spacial score (nSPS) is 12.7. The summed E-state index contributed by atoms with van der Waals surface area (Å²) in [5.74, 6) is 0. The molecule has 0 spiro atoms. The number of hydrogen-bond acceptors (Lipinski definition) is 3. The Morgan fingerprint density at radius 2 is 2.05 bits per heavy atom. The molecule has 0 aliphatic heterocycles. The molecule has 2 nitrogen and oxygen atoms in total. The Morgan fingerprint density at radius 1 is 1.24 bits per heavy atom. The molecule has 1 unspecified atom stereocenters. The lowest BCUT2D eigenvalue weighted by molar-refractivity contribution is 0.600. The zero-order chi connectivity index (χ0) is 14.8. The Kier molecular flexibility index (Phi) is 4.24. The molecule has 0 radical (unpaired) electrons. The van der Waals surface area contributed by atoms with Crippen LogP contribution in [0, 0.1) is 6.92 Å². The average molecular weight is 317 g/mol. The second-order valence-electron chi connectivity index (χ2n) is 5.12. The van der Waals surface area contributed by atoms with Crippen molar-refractivity contribution in [3.8, 4) is 0 Å². The van der Waals surface area contributed by atoms with Gasteiger partial charge < -0.3 is 5.32 Å². The van der Waals surface area contributed by atoms with E-state index in [1.165, 1.54) is 15.8 Å². The number of para-hydroxylation sites is 1. The van der Waals surface area contributed by atoms with E-state index in [0.29, 0.717) is 0 Å². The molecule has 0 saturated heterocycles. The highest BCUT2D eigenvalue weighted by Gasteiger charge is 2.15. The van der Waals surface area contributed by atoms with Crippen molar-refractivity contribution >= 4 is 33.8 Å². The predicted octanol–water partition coefficient (Wildman–Crippen LogP) is 4.76. The highest BCUT2D eigenvalue weighted by atomic mass is 35.5. The SMILES string of the molecule is CNC(Cc1ccc(Cl)s1)c1cc(C)nc2ccccc12. The highest BCUT2D eigenvalue weighted by Crippen LogP contribution is 2.30. The number of pyridine rings is 1. The van der Waals surface area contributed by atoms with E-state index in [0.717, 1.165) is 22.0 Å². The van der Waals surface area contributed by atoms with Crippen molar-refractivity contribution in [2.24, 2.45) is 0 Å². The van der Waals surface area contributed by atoms with E-state index in [1.807, 2.05) is 26.1 Å². The first-order valence-electron chi connectivity index (χ1n) is 6.95. The number of fused-ring (bicyclic) bond motifs is 1. The molecule has 2 heterocycles. The number of thiophene rings is 1. The first kappa shape index (κ1) is 14.5. The van der Waals surface area contributed by atoms with E-state index in [9.17, 15) is 0 Å². The third-order valence-electron chi connectivity index (χ3n) is 3.63. The smallest absolute Gasteiger partial charge is 0.0931 e. The fraction of sp³-hybridized carbons (Fsp3) is 0.235. The number of aromatic nitrogens is 1. The van der Waals surface area contributed by atoms with Gasteiger partial charge in [0.2, 0.25) is 0 Å². The monoisotopic (exact) mass is 316 g/mol. The van der Waals surface area contributed by atoms with Gasteiger partial charge in [-0.2, -0.15) is 0 Å². The average Bonchev–Trinajstić information content (AvgIpc) is 2.89. The Balaban J connectivity index is 2.04. The van der Waals surface area contributed by atoms with Crippen LogP contribution < -0.4 is 5.32 Å². The van der Waals surface area contributed by atoms with Crippen LogP contribution in [0.25, 0.3) is 10.9 Å². The summed E-state index contributed by atoms with van der Waals surface area (Å²) in [5, 5.41) is 4.64. The van der Waals surface area contributed by atoms with Crippen LogP contribution in [0.2, 0.25) is 4.34 Å². The number of benzene rings is 1. The van der Waals surface area contributed by atoms with Crippen molar-refractivity contribution in [1.82, 2.24) is 10.3 Å². The molecular formula is C17H17ClN2S. The first-order valence-corrected chi connectivity index (χ1v) is 8.14. The maximum absolute atomic E-state index is 6.04. The Hall–Kier alpha value is -1.42. The second kappa shape index (κ2) is 6.14. The van der Waals surface area contributed by atoms with Crippen LogP contribution >= 0.6 is 22.9 Å². The number of rotatable bonds is 4. The largest absolute Gasteiger partial charge is 0.313 e. The minimum Gasteiger partial charge on any atom is -0.313 e. The van der Waals surface area contributed by atoms with Gasteiger partial charge in [0, 0.05) is 28.4 Å². The second-order valence-corrected chi connectivity index (χ2v) is 6.92. The molecule has 4 heteroatoms. The summed E-state index contributed by atoms with van der Waals surface area (Å²) in [6.07, 6.45) is 0.932. The molecule has 2 aromatic heterocycles. The molecule has 1 N–H and O–H groups in total. The van der Waals surface area contributed by atoms with Gasteiger partial charge in [0.25, 0.3) is 0 Å². The van der Waals surface area contributed by atoms with E-state index in [2.05, 4.69) is 40.6 Å². The summed E-state index contributed by atoms with van der Waals surface area (Å²) in [7, 11) is 2.00. The molecule has 0 bridgehead atoms. The van der Waals surface area contributed by atoms with Crippen LogP contribution in [-0.2, 0) is 6.42 Å². The number of aryl methyl sites for hydroxylation is 1. The van der Waals surface area contributed by atoms with Crippen molar-refractivity contribution in [3.63, 3.8) is 0 Å². The van der Waals surface area contributed by atoms with E-state index >= 15 is 0 Å². The molecule has 3 rings (SSSR count). The molecule has 0 fully saturated rings. The summed E-state index contributed by atoms with van der Waals surface area (Å²) < 4.78 is 0.843. The van der Waals surface area contributed by atoms with Crippen molar-refractivity contribution in [2.45, 2.75) is 19.4 Å². The summed E-state index contributed by atoms with van der Waals surface area (Å²) in [6, 6.07) is 14.8. The third-order valence-corrected chi connectivity index (χ3v) is 4.89. The molecule has 0 saturated carbocycles. The van der Waals surface area contributed by atoms with Crippen molar-refractivity contribution in [1.29, 1.82) is 0 Å². The van der Waals surface area contributed by atoms with Crippen molar-refractivity contribution < 1.29 is 0 Å². The van der Waals surface area contributed by atoms with Crippen LogP contribution in [-0.4, -0.2) is 12.0 Å². The number of likely N-dealkylation sites (N-methyl/N-ethyl adjacent to an activating group) is 1. The predicted molar refractivity (Wildman–Crippen MR) is 91.3 cm³/mol. The van der Waals surface area contributed by atoms with E-state index in [1.54, 1.807) is 11.3 Å². The van der Waals surface area contributed by atoms with Gasteiger partial charge in [-0.25, -0.2) is 0 Å². The number of hydrogen-bond donors (Lipinski definition) is 1. The highest BCUT2D eigenvalue weighted by molar-refractivity contribution is 7.16. The van der Waals surface area contributed by atoms with Crippen molar-refractivity contribution in [2.75, 3.05) is 7.05 Å². The maximum atomic E-state index is 6.04. The molecule has 1 atom stereocenters. The summed E-state index contributed by atoms with van der Waals surface area (Å²) in [6.45, 7) is 2.05. The topological polar surface area (TPSA) is 24.9 Å². The van der Waals surface area contributed by atoms with Gasteiger partial charge in [-0.1, -0.05) is 29.8 Å². The molecular weight excluding hydrogens is 300 g/mol. The summed E-state index contributed by atoms with van der Waals surface area (Å²) in [5.41, 5.74) is 3.40. The summed E-state index contributed by atoms with van der Waals surface area (Å²) >= 11 is 7.69. The van der Waals surface area contributed by atoms with Crippen LogP contribution in [0.4, 0.5) is 0 Å². The fourth-order valence-electron chi connectivity index (χ4n) is 2.66. The molecule has 0 amide bonds. The van der Waals surface area contributed by atoms with E-state index in [-0.39, 0.29) is 6.04 Å². The van der Waals surface area contributed by atoms with Crippen LogP contribution in [0.1, 0.15) is 22.2 Å². The lowest BCUT2D eigenvalue weighted by atomic mass is 9.98. The lowest BCUT2D eigenvalue weighted by Gasteiger charge is -2.18. The molecule has 0 aliphatic rings. The standard InChI is InChI=1S/C17H17ClN2S/c1-11-9-14(13-5-3-4-6-15(13)20-11)16(19-2)10-12-7-8-17(18)21-12/h3-9,16,19H,10H2,1-2H3. The first-order chi connectivity index (χ1) is 10.2. The Bertz CT molecular complexity index is 766. The van der Waals surface area contributed by atoms with Gasteiger partial charge in [0.15, 0.2) is 0 Å². The van der Waals surface area contributed by atoms with Gasteiger partial charge in [-0.15, -0.1) is 11.3 Å². The van der Waals surface area contributed by atoms with Crippen LogP contribution in [0.15, 0.2) is 42.5 Å². The summed E-state index contributed by atoms with van der Waals surface area (Å²) in [4.78, 5) is 5.91. The number of nitrogens with one attached hydrogen (secondary N) is 1. The van der Waals surface area contributed by atoms with E-state index in [4.69, 9.17) is 11.6 Å². The maximum Gasteiger partial charge on any atom is 0.0931 e. The molecule has 3 aromatic rings. The quantitative estimate of drug-likeness (QED) is 0.750. The molecule has 1 aromatic carbocycles. The number of nitrogens with zero attached hydrogens (tertiary/aromatic N) is 1.